The van der Waals surface area contributed by atoms with Crippen LogP contribution in [0.15, 0.2) is 0 Å². The molecule has 1 fully saturated rings. The van der Waals surface area contributed by atoms with E-state index < -0.39 is 0 Å². The van der Waals surface area contributed by atoms with E-state index in [1.54, 1.807) is 0 Å². The van der Waals surface area contributed by atoms with Gasteiger partial charge in [-0.05, 0) is 32.7 Å². The van der Waals surface area contributed by atoms with Crippen molar-refractivity contribution in [3.8, 4) is 0 Å². The molecule has 76 valence electrons. The zero-order valence-electron chi connectivity index (χ0n) is 8.34. The van der Waals surface area contributed by atoms with Gasteiger partial charge in [0.1, 0.15) is 0 Å². The first-order valence-corrected chi connectivity index (χ1v) is 5.22. The van der Waals surface area contributed by atoms with Gasteiger partial charge in [0.25, 0.3) is 0 Å². The smallest absolute Gasteiger partial charge is 0.305 e. The summed E-state index contributed by atoms with van der Waals surface area (Å²) in [6.07, 6.45) is 5.41. The molecule has 3 heteroatoms. The Kier molecular flexibility index (Phi) is 4.83. The summed E-state index contributed by atoms with van der Waals surface area (Å²) >= 11 is 0. The van der Waals surface area contributed by atoms with E-state index >= 15 is 0 Å². The third-order valence-electron chi connectivity index (χ3n) is 2.40. The van der Waals surface area contributed by atoms with Crippen molar-refractivity contribution in [2.24, 2.45) is 0 Å². The van der Waals surface area contributed by atoms with Crippen LogP contribution in [0.1, 0.15) is 39.0 Å². The van der Waals surface area contributed by atoms with Gasteiger partial charge in [0.15, 0.2) is 0 Å². The molecule has 0 atom stereocenters. The van der Waals surface area contributed by atoms with Crippen molar-refractivity contribution in [1.29, 1.82) is 0 Å². The molecule has 1 aliphatic carbocycles. The maximum Gasteiger partial charge on any atom is 0.305 e. The predicted molar refractivity (Wildman–Crippen MR) is 51.5 cm³/mol. The molecular formula is C10H19NO2. The number of carbonyl (C=O) groups excluding carboxylic acids is 1. The summed E-state index contributed by atoms with van der Waals surface area (Å²) in [7, 11) is 0. The van der Waals surface area contributed by atoms with Crippen LogP contribution in [0.4, 0.5) is 0 Å². The van der Waals surface area contributed by atoms with Crippen molar-refractivity contribution in [1.82, 2.24) is 5.32 Å². The van der Waals surface area contributed by atoms with Gasteiger partial charge in [-0.1, -0.05) is 6.42 Å². The van der Waals surface area contributed by atoms with Crippen molar-refractivity contribution in [2.45, 2.75) is 45.1 Å². The van der Waals surface area contributed by atoms with Crippen molar-refractivity contribution >= 4 is 5.97 Å². The zero-order valence-corrected chi connectivity index (χ0v) is 8.34. The van der Waals surface area contributed by atoms with E-state index in [9.17, 15) is 4.79 Å². The molecule has 0 radical (unpaired) electrons. The minimum Gasteiger partial charge on any atom is -0.466 e. The Morgan fingerprint density at radius 1 is 1.54 bits per heavy atom. The Labute approximate surface area is 79.8 Å². The van der Waals surface area contributed by atoms with Crippen LogP contribution in [0.2, 0.25) is 0 Å². The molecule has 3 nitrogen and oxygen atoms in total. The summed E-state index contributed by atoms with van der Waals surface area (Å²) < 4.78 is 4.82. The number of ether oxygens (including phenoxy) is 1. The summed E-state index contributed by atoms with van der Waals surface area (Å²) in [5.74, 6) is -0.0714. The van der Waals surface area contributed by atoms with Gasteiger partial charge in [-0.2, -0.15) is 0 Å². The molecule has 0 bridgehead atoms. The lowest BCUT2D eigenvalue weighted by atomic mass is 9.93. The molecule has 13 heavy (non-hydrogen) atoms. The Morgan fingerprint density at radius 2 is 2.31 bits per heavy atom. The number of esters is 1. The lowest BCUT2D eigenvalue weighted by molar-refractivity contribution is -0.143. The fourth-order valence-electron chi connectivity index (χ4n) is 1.38. The van der Waals surface area contributed by atoms with Gasteiger partial charge in [0.2, 0.25) is 0 Å². The van der Waals surface area contributed by atoms with E-state index in [0.29, 0.717) is 13.0 Å². The van der Waals surface area contributed by atoms with Gasteiger partial charge in [-0.25, -0.2) is 0 Å². The Bertz CT molecular complexity index is 155. The molecule has 0 unspecified atom stereocenters. The van der Waals surface area contributed by atoms with Gasteiger partial charge >= 0.3 is 5.97 Å². The lowest BCUT2D eigenvalue weighted by Crippen LogP contribution is -2.35. The number of carbonyl (C=O) groups is 1. The molecule has 0 saturated heterocycles. The van der Waals surface area contributed by atoms with Crippen LogP contribution in [0.25, 0.3) is 0 Å². The van der Waals surface area contributed by atoms with Crippen LogP contribution in [-0.2, 0) is 9.53 Å². The third kappa shape index (κ3) is 4.27. The number of nitrogens with one attached hydrogen (secondary N) is 1. The molecule has 1 aliphatic rings. The van der Waals surface area contributed by atoms with Crippen LogP contribution in [-0.4, -0.2) is 25.2 Å². The average Bonchev–Trinajstić information content (AvgIpc) is 2.01. The van der Waals surface area contributed by atoms with E-state index in [-0.39, 0.29) is 5.97 Å². The number of hydrogen-bond donors (Lipinski definition) is 1. The molecule has 1 rings (SSSR count). The number of hydrogen-bond acceptors (Lipinski definition) is 3. The minimum absolute atomic E-state index is 0.0714. The monoisotopic (exact) mass is 185 g/mol. The molecule has 0 heterocycles. The summed E-state index contributed by atoms with van der Waals surface area (Å²) in [4.78, 5) is 10.9. The second-order valence-electron chi connectivity index (χ2n) is 3.49. The van der Waals surface area contributed by atoms with E-state index in [4.69, 9.17) is 4.74 Å². The molecule has 0 spiro atoms. The summed E-state index contributed by atoms with van der Waals surface area (Å²) in [6, 6.07) is 0.724. The van der Waals surface area contributed by atoms with Crippen LogP contribution in [0, 0.1) is 0 Å². The summed E-state index contributed by atoms with van der Waals surface area (Å²) in [6.45, 7) is 3.28. The topological polar surface area (TPSA) is 38.3 Å². The van der Waals surface area contributed by atoms with Gasteiger partial charge < -0.3 is 10.1 Å². The van der Waals surface area contributed by atoms with Crippen molar-refractivity contribution in [3.05, 3.63) is 0 Å². The fourth-order valence-corrected chi connectivity index (χ4v) is 1.38. The van der Waals surface area contributed by atoms with E-state index in [0.717, 1.165) is 19.0 Å². The Balaban J connectivity index is 1.85. The quantitative estimate of drug-likeness (QED) is 0.503. The SMILES string of the molecule is CCOC(=O)CCCNC1CCC1. The van der Waals surface area contributed by atoms with Gasteiger partial charge in [-0.3, -0.25) is 4.79 Å². The molecule has 0 aliphatic heterocycles. The van der Waals surface area contributed by atoms with Crippen LogP contribution in [0.3, 0.4) is 0 Å². The molecular weight excluding hydrogens is 166 g/mol. The first-order valence-electron chi connectivity index (χ1n) is 5.22. The average molecular weight is 185 g/mol. The summed E-state index contributed by atoms with van der Waals surface area (Å²) in [5, 5.41) is 3.41. The van der Waals surface area contributed by atoms with Crippen molar-refractivity contribution in [2.75, 3.05) is 13.2 Å². The highest BCUT2D eigenvalue weighted by Gasteiger charge is 2.15. The maximum atomic E-state index is 10.9. The zero-order chi connectivity index (χ0) is 9.52. The molecule has 0 aromatic rings. The van der Waals surface area contributed by atoms with Gasteiger partial charge in [-0.15, -0.1) is 0 Å². The Hall–Kier alpha value is -0.570. The predicted octanol–water partition coefficient (Wildman–Crippen LogP) is 1.47. The highest BCUT2D eigenvalue weighted by molar-refractivity contribution is 5.69. The standard InChI is InChI=1S/C10H19NO2/c1-2-13-10(12)7-4-8-11-9-5-3-6-9/h9,11H,2-8H2,1H3. The van der Waals surface area contributed by atoms with E-state index in [1.807, 2.05) is 6.92 Å². The first-order chi connectivity index (χ1) is 6.33. The molecule has 0 aromatic heterocycles. The normalized spacial score (nSPS) is 16.7. The lowest BCUT2D eigenvalue weighted by Gasteiger charge is -2.26. The van der Waals surface area contributed by atoms with Crippen LogP contribution >= 0.6 is 0 Å². The van der Waals surface area contributed by atoms with Crippen LogP contribution in [0.5, 0.6) is 0 Å². The second kappa shape index (κ2) is 5.97. The largest absolute Gasteiger partial charge is 0.466 e. The number of rotatable bonds is 6. The Morgan fingerprint density at radius 3 is 2.85 bits per heavy atom. The fraction of sp³-hybridized carbons (Fsp3) is 0.900. The van der Waals surface area contributed by atoms with Crippen molar-refractivity contribution in [3.63, 3.8) is 0 Å². The van der Waals surface area contributed by atoms with Crippen LogP contribution < -0.4 is 5.32 Å². The highest BCUT2D eigenvalue weighted by atomic mass is 16.5. The van der Waals surface area contributed by atoms with E-state index in [1.165, 1.54) is 19.3 Å². The van der Waals surface area contributed by atoms with E-state index in [2.05, 4.69) is 5.32 Å². The molecule has 1 N–H and O–H groups in total. The minimum atomic E-state index is -0.0714. The molecule has 1 saturated carbocycles. The van der Waals surface area contributed by atoms with Gasteiger partial charge in [0.05, 0.1) is 6.61 Å². The van der Waals surface area contributed by atoms with Gasteiger partial charge in [0, 0.05) is 12.5 Å². The molecule has 0 amide bonds. The first kappa shape index (κ1) is 10.5. The maximum absolute atomic E-state index is 10.9. The second-order valence-corrected chi connectivity index (χ2v) is 3.49. The van der Waals surface area contributed by atoms with Crippen molar-refractivity contribution < 1.29 is 9.53 Å². The molecule has 0 aromatic carbocycles. The highest BCUT2D eigenvalue weighted by Crippen LogP contribution is 2.17. The third-order valence-corrected chi connectivity index (χ3v) is 2.40. The summed E-state index contributed by atoms with van der Waals surface area (Å²) in [5.41, 5.74) is 0.